The first-order valence-corrected chi connectivity index (χ1v) is 4.90. The van der Waals surface area contributed by atoms with Crippen molar-refractivity contribution in [1.82, 2.24) is 19.6 Å². The van der Waals surface area contributed by atoms with Crippen LogP contribution in [0.3, 0.4) is 0 Å². The van der Waals surface area contributed by atoms with E-state index >= 15 is 0 Å². The molecule has 0 bridgehead atoms. The first-order valence-electron chi connectivity index (χ1n) is 4.90. The molecule has 7 heteroatoms. The number of aromatic carboxylic acids is 1. The summed E-state index contributed by atoms with van der Waals surface area (Å²) in [7, 11) is 0. The van der Waals surface area contributed by atoms with Crippen LogP contribution in [0.15, 0.2) is 4.79 Å². The van der Waals surface area contributed by atoms with E-state index in [0.717, 1.165) is 23.1 Å². The van der Waals surface area contributed by atoms with Crippen LogP contribution in [-0.2, 0) is 12.8 Å². The Hall–Kier alpha value is -2.18. The number of hydrogen-bond donors (Lipinski definition) is 2. The summed E-state index contributed by atoms with van der Waals surface area (Å²) in [5, 5.41) is 11.2. The van der Waals surface area contributed by atoms with Crippen molar-refractivity contribution in [2.75, 3.05) is 0 Å². The lowest BCUT2D eigenvalue weighted by Gasteiger charge is -1.96. The summed E-state index contributed by atoms with van der Waals surface area (Å²) in [4.78, 5) is 30.5. The normalized spacial score (nSPS) is 14.2. The van der Waals surface area contributed by atoms with Crippen molar-refractivity contribution in [3.05, 3.63) is 27.4 Å². The molecule has 0 amide bonds. The standard InChI is InChI=1S/C9H8N4O3/c14-7-4-2-1-3-5(4)10-9-11-6(8(15)16)12-13(7)9/h1-3H2,(H,15,16)(H,10,11,12). The van der Waals surface area contributed by atoms with Crippen molar-refractivity contribution in [1.29, 1.82) is 0 Å². The van der Waals surface area contributed by atoms with Crippen LogP contribution in [0, 0.1) is 0 Å². The third-order valence-electron chi connectivity index (χ3n) is 2.72. The summed E-state index contributed by atoms with van der Waals surface area (Å²) < 4.78 is 1.09. The zero-order chi connectivity index (χ0) is 11.3. The second kappa shape index (κ2) is 2.91. The Bertz CT molecular complexity index is 655. The van der Waals surface area contributed by atoms with Gasteiger partial charge in [0.05, 0.1) is 5.69 Å². The average Bonchev–Trinajstić information content (AvgIpc) is 2.83. The fourth-order valence-corrected chi connectivity index (χ4v) is 1.98. The molecule has 16 heavy (non-hydrogen) atoms. The highest BCUT2D eigenvalue weighted by Crippen LogP contribution is 2.16. The molecule has 0 radical (unpaired) electrons. The number of rotatable bonds is 1. The number of aromatic nitrogens is 4. The van der Waals surface area contributed by atoms with Gasteiger partial charge in [-0.15, -0.1) is 0 Å². The van der Waals surface area contributed by atoms with E-state index in [1.165, 1.54) is 0 Å². The van der Waals surface area contributed by atoms with Gasteiger partial charge in [-0.3, -0.25) is 9.89 Å². The maximum atomic E-state index is 11.9. The highest BCUT2D eigenvalue weighted by molar-refractivity contribution is 5.83. The maximum Gasteiger partial charge on any atom is 0.373 e. The van der Waals surface area contributed by atoms with Crippen molar-refractivity contribution < 1.29 is 9.90 Å². The number of carboxylic acids is 1. The number of hydrogen-bond acceptors (Lipinski definition) is 4. The topological polar surface area (TPSA) is 100 Å². The number of nitrogens with one attached hydrogen (secondary N) is 1. The minimum absolute atomic E-state index is 0.128. The lowest BCUT2D eigenvalue weighted by molar-refractivity contribution is 0.0684. The Labute approximate surface area is 88.7 Å². The predicted octanol–water partition coefficient (Wildman–Crippen LogP) is -0.396. The van der Waals surface area contributed by atoms with Gasteiger partial charge in [0.25, 0.3) is 11.3 Å². The number of carbonyl (C=O) groups is 1. The molecule has 1 aliphatic carbocycles. The van der Waals surface area contributed by atoms with Crippen LogP contribution < -0.4 is 5.56 Å². The highest BCUT2D eigenvalue weighted by atomic mass is 16.4. The van der Waals surface area contributed by atoms with Crippen LogP contribution in [0.1, 0.15) is 28.3 Å². The maximum absolute atomic E-state index is 11.9. The van der Waals surface area contributed by atoms with E-state index < -0.39 is 5.97 Å². The number of H-pyrrole nitrogens is 1. The van der Waals surface area contributed by atoms with E-state index in [4.69, 9.17) is 5.11 Å². The Morgan fingerprint density at radius 2 is 2.19 bits per heavy atom. The summed E-state index contributed by atoms with van der Waals surface area (Å²) in [6.45, 7) is 0. The SMILES string of the molecule is O=C(O)c1nc2nc3c(c(=O)n2[nH]1)CCC3. The molecule has 2 N–H and O–H groups in total. The van der Waals surface area contributed by atoms with Crippen LogP contribution in [-0.4, -0.2) is 30.7 Å². The second-order valence-electron chi connectivity index (χ2n) is 3.71. The molecular formula is C9H8N4O3. The quantitative estimate of drug-likeness (QED) is 0.681. The predicted molar refractivity (Wildman–Crippen MR) is 52.6 cm³/mol. The first-order chi connectivity index (χ1) is 7.66. The molecule has 2 heterocycles. The second-order valence-corrected chi connectivity index (χ2v) is 3.71. The van der Waals surface area contributed by atoms with E-state index in [2.05, 4.69) is 15.1 Å². The van der Waals surface area contributed by atoms with Crippen molar-refractivity contribution in [3.8, 4) is 0 Å². The summed E-state index contributed by atoms with van der Waals surface area (Å²) in [5.41, 5.74) is 1.17. The van der Waals surface area contributed by atoms with E-state index in [0.29, 0.717) is 12.0 Å². The van der Waals surface area contributed by atoms with Crippen molar-refractivity contribution in [3.63, 3.8) is 0 Å². The average molecular weight is 220 g/mol. The van der Waals surface area contributed by atoms with Crippen molar-refractivity contribution in [2.24, 2.45) is 0 Å². The lowest BCUT2D eigenvalue weighted by atomic mass is 10.3. The van der Waals surface area contributed by atoms with Crippen LogP contribution >= 0.6 is 0 Å². The third-order valence-corrected chi connectivity index (χ3v) is 2.72. The van der Waals surface area contributed by atoms with Gasteiger partial charge in [-0.05, 0) is 19.3 Å². The summed E-state index contributed by atoms with van der Waals surface area (Å²) in [6, 6.07) is 0. The molecule has 0 spiro atoms. The number of aryl methyl sites for hydroxylation is 1. The van der Waals surface area contributed by atoms with Crippen LogP contribution in [0.2, 0.25) is 0 Å². The highest BCUT2D eigenvalue weighted by Gasteiger charge is 2.20. The van der Waals surface area contributed by atoms with Gasteiger partial charge in [-0.25, -0.2) is 9.78 Å². The smallest absolute Gasteiger partial charge is 0.373 e. The van der Waals surface area contributed by atoms with Gasteiger partial charge in [-0.1, -0.05) is 0 Å². The van der Waals surface area contributed by atoms with Gasteiger partial charge in [0, 0.05) is 5.56 Å². The molecule has 7 nitrogen and oxygen atoms in total. The molecule has 2 aromatic heterocycles. The molecule has 2 aromatic rings. The van der Waals surface area contributed by atoms with Crippen molar-refractivity contribution in [2.45, 2.75) is 19.3 Å². The molecule has 0 saturated carbocycles. The molecule has 82 valence electrons. The van der Waals surface area contributed by atoms with Crippen LogP contribution in [0.5, 0.6) is 0 Å². The fraction of sp³-hybridized carbons (Fsp3) is 0.333. The number of carboxylic acid groups (broad SMARTS) is 1. The molecule has 1 aliphatic rings. The van der Waals surface area contributed by atoms with Gasteiger partial charge < -0.3 is 5.11 Å². The van der Waals surface area contributed by atoms with Crippen LogP contribution in [0.25, 0.3) is 5.78 Å². The minimum Gasteiger partial charge on any atom is -0.475 e. The van der Waals surface area contributed by atoms with Gasteiger partial charge in [0.1, 0.15) is 0 Å². The molecule has 0 fully saturated rings. The van der Waals surface area contributed by atoms with Crippen LogP contribution in [0.4, 0.5) is 0 Å². The molecule has 0 aliphatic heterocycles. The summed E-state index contributed by atoms with van der Waals surface area (Å²) in [5.74, 6) is -1.35. The Kier molecular flexibility index (Phi) is 1.65. The fourth-order valence-electron chi connectivity index (χ4n) is 1.98. The molecular weight excluding hydrogens is 212 g/mol. The Morgan fingerprint density at radius 3 is 2.94 bits per heavy atom. The van der Waals surface area contributed by atoms with Gasteiger partial charge in [-0.2, -0.15) is 9.50 Å². The molecule has 0 atom stereocenters. The molecule has 0 unspecified atom stereocenters. The number of fused-ring (bicyclic) bond motifs is 2. The summed E-state index contributed by atoms with van der Waals surface area (Å²) >= 11 is 0. The zero-order valence-corrected chi connectivity index (χ0v) is 8.23. The van der Waals surface area contributed by atoms with E-state index in [1.807, 2.05) is 0 Å². The van der Waals surface area contributed by atoms with E-state index in [1.54, 1.807) is 0 Å². The van der Waals surface area contributed by atoms with Gasteiger partial charge in [0.2, 0.25) is 5.82 Å². The summed E-state index contributed by atoms with van der Waals surface area (Å²) in [6.07, 6.45) is 2.37. The molecule has 3 rings (SSSR count). The number of aromatic amines is 1. The Balaban J connectivity index is 2.37. The molecule has 0 saturated heterocycles. The minimum atomic E-state index is -1.20. The number of nitrogens with zero attached hydrogens (tertiary/aromatic N) is 3. The lowest BCUT2D eigenvalue weighted by Crippen LogP contribution is -2.20. The zero-order valence-electron chi connectivity index (χ0n) is 8.23. The molecule has 0 aromatic carbocycles. The largest absolute Gasteiger partial charge is 0.475 e. The Morgan fingerprint density at radius 1 is 1.38 bits per heavy atom. The third kappa shape index (κ3) is 1.08. The van der Waals surface area contributed by atoms with Crippen molar-refractivity contribution >= 4 is 11.7 Å². The first kappa shape index (κ1) is 9.08. The van der Waals surface area contributed by atoms with Gasteiger partial charge >= 0.3 is 5.97 Å². The van der Waals surface area contributed by atoms with Gasteiger partial charge in [0.15, 0.2) is 0 Å². The van der Waals surface area contributed by atoms with E-state index in [9.17, 15) is 9.59 Å². The monoisotopic (exact) mass is 220 g/mol. The van der Waals surface area contributed by atoms with E-state index in [-0.39, 0.29) is 17.2 Å².